The Labute approximate surface area is 365 Å². The van der Waals surface area contributed by atoms with Crippen molar-refractivity contribution in [1.29, 1.82) is 0 Å². The topological polar surface area (TPSA) is 43.6 Å². The fourth-order valence-corrected chi connectivity index (χ4v) is 11.3. The van der Waals surface area contributed by atoms with E-state index in [9.17, 15) is 0 Å². The molecule has 11 aromatic rings. The summed E-state index contributed by atoms with van der Waals surface area (Å²) in [6, 6.07) is 61.4. The predicted octanol–water partition coefficient (Wildman–Crippen LogP) is 15.5. The zero-order valence-corrected chi connectivity index (χ0v) is 36.1. The lowest BCUT2D eigenvalue weighted by Crippen LogP contribution is -2.33. The van der Waals surface area contributed by atoms with Crippen LogP contribution in [0, 0.1) is 0 Å². The summed E-state index contributed by atoms with van der Waals surface area (Å²) in [5.41, 5.74) is 11.8. The molecular formula is C57H44N4S. The summed E-state index contributed by atoms with van der Waals surface area (Å²) >= 11 is 1.86. The third kappa shape index (κ3) is 5.83. The normalized spacial score (nSPS) is 14.6. The smallest absolute Gasteiger partial charge is 0.164 e. The summed E-state index contributed by atoms with van der Waals surface area (Å²) in [5.74, 6) is 1.93. The Morgan fingerprint density at radius 3 is 1.82 bits per heavy atom. The largest absolute Gasteiger partial charge is 0.309 e. The van der Waals surface area contributed by atoms with E-state index in [0.29, 0.717) is 17.5 Å². The number of hydrogen-bond acceptors (Lipinski definition) is 4. The lowest BCUT2D eigenvalue weighted by Gasteiger charge is -2.42. The summed E-state index contributed by atoms with van der Waals surface area (Å²) in [6.45, 7) is 9.67. The molecule has 0 aliphatic heterocycles. The minimum absolute atomic E-state index is 0.0729. The van der Waals surface area contributed by atoms with Crippen molar-refractivity contribution >= 4 is 64.1 Å². The fraction of sp³-hybridized carbons (Fsp3) is 0.140. The second-order valence-corrected chi connectivity index (χ2v) is 19.3. The highest BCUT2D eigenvalue weighted by Gasteiger charge is 2.38. The second kappa shape index (κ2) is 13.8. The molecule has 5 heteroatoms. The fourth-order valence-electron chi connectivity index (χ4n) is 10.0. The van der Waals surface area contributed by atoms with Gasteiger partial charge in [-0.05, 0) is 93.1 Å². The van der Waals surface area contributed by atoms with Crippen LogP contribution < -0.4 is 0 Å². The Bertz CT molecular complexity index is 3570. The molecule has 3 heterocycles. The van der Waals surface area contributed by atoms with Crippen molar-refractivity contribution in [1.82, 2.24) is 19.5 Å². The van der Waals surface area contributed by atoms with E-state index < -0.39 is 0 Å². The minimum atomic E-state index is 0.0729. The molecule has 0 unspecified atom stereocenters. The zero-order valence-electron chi connectivity index (χ0n) is 35.3. The van der Waals surface area contributed by atoms with Crippen LogP contribution in [0.4, 0.5) is 0 Å². The molecule has 62 heavy (non-hydrogen) atoms. The third-order valence-corrected chi connectivity index (χ3v) is 14.7. The van der Waals surface area contributed by atoms with Crippen LogP contribution in [0.5, 0.6) is 0 Å². The predicted molar refractivity (Wildman–Crippen MR) is 262 cm³/mol. The maximum atomic E-state index is 5.23. The molecule has 0 saturated carbocycles. The van der Waals surface area contributed by atoms with E-state index in [1.165, 1.54) is 81.4 Å². The number of fused-ring (bicyclic) bond motifs is 9. The first-order chi connectivity index (χ1) is 30.2. The minimum Gasteiger partial charge on any atom is -0.309 e. The quantitative estimate of drug-likeness (QED) is 0.174. The van der Waals surface area contributed by atoms with Crippen LogP contribution in [-0.2, 0) is 10.8 Å². The van der Waals surface area contributed by atoms with E-state index in [2.05, 4.69) is 184 Å². The first-order valence-corrected chi connectivity index (χ1v) is 22.5. The van der Waals surface area contributed by atoms with E-state index in [0.717, 1.165) is 28.8 Å². The highest BCUT2D eigenvalue weighted by Crippen LogP contribution is 2.49. The average Bonchev–Trinajstić information content (AvgIpc) is 3.86. The maximum absolute atomic E-state index is 5.23. The van der Waals surface area contributed by atoms with Crippen LogP contribution in [-0.4, -0.2) is 19.5 Å². The molecule has 0 N–H and O–H groups in total. The molecule has 1 aliphatic carbocycles. The highest BCUT2D eigenvalue weighted by atomic mass is 32.1. The summed E-state index contributed by atoms with van der Waals surface area (Å²) < 4.78 is 5.08. The van der Waals surface area contributed by atoms with Crippen LogP contribution in [0.2, 0.25) is 0 Å². The molecule has 0 saturated heterocycles. The van der Waals surface area contributed by atoms with Gasteiger partial charge < -0.3 is 4.57 Å². The Morgan fingerprint density at radius 2 is 1.05 bits per heavy atom. The van der Waals surface area contributed by atoms with Gasteiger partial charge in [-0.15, -0.1) is 11.3 Å². The second-order valence-electron chi connectivity index (χ2n) is 18.3. The first-order valence-electron chi connectivity index (χ1n) is 21.6. The van der Waals surface area contributed by atoms with Crippen LogP contribution in [0.15, 0.2) is 170 Å². The van der Waals surface area contributed by atoms with E-state index in [1.807, 2.05) is 29.5 Å². The molecular weight excluding hydrogens is 773 g/mol. The zero-order chi connectivity index (χ0) is 41.7. The number of rotatable bonds is 5. The Morgan fingerprint density at radius 1 is 0.452 bits per heavy atom. The van der Waals surface area contributed by atoms with Crippen molar-refractivity contribution < 1.29 is 0 Å². The highest BCUT2D eigenvalue weighted by molar-refractivity contribution is 7.26. The summed E-state index contributed by atoms with van der Waals surface area (Å²) in [4.78, 5) is 15.5. The van der Waals surface area contributed by atoms with E-state index in [1.54, 1.807) is 0 Å². The molecule has 8 aromatic carbocycles. The van der Waals surface area contributed by atoms with Crippen molar-refractivity contribution in [2.24, 2.45) is 0 Å². The van der Waals surface area contributed by atoms with Gasteiger partial charge in [0.15, 0.2) is 17.5 Å². The van der Waals surface area contributed by atoms with Crippen molar-refractivity contribution in [3.8, 4) is 51.0 Å². The average molecular weight is 817 g/mol. The van der Waals surface area contributed by atoms with Crippen LogP contribution >= 0.6 is 11.3 Å². The number of hydrogen-bond donors (Lipinski definition) is 0. The van der Waals surface area contributed by atoms with Gasteiger partial charge in [0.1, 0.15) is 0 Å². The number of aromatic nitrogens is 4. The lowest BCUT2D eigenvalue weighted by molar-refractivity contribution is 0.332. The summed E-state index contributed by atoms with van der Waals surface area (Å²) in [6.07, 6.45) is 2.33. The molecule has 0 amide bonds. The monoisotopic (exact) mass is 816 g/mol. The number of thiophene rings is 1. The maximum Gasteiger partial charge on any atom is 0.164 e. The van der Waals surface area contributed by atoms with Gasteiger partial charge >= 0.3 is 0 Å². The molecule has 0 atom stereocenters. The summed E-state index contributed by atoms with van der Waals surface area (Å²) in [5, 5.41) is 7.73. The Balaban J connectivity index is 1.02. The molecule has 0 fully saturated rings. The van der Waals surface area contributed by atoms with Crippen molar-refractivity contribution in [2.45, 2.75) is 51.4 Å². The first kappa shape index (κ1) is 36.9. The SMILES string of the molecule is CC1(C)CCC(C)(C)c2cc3c(cc21)c1c2ccccc2ccc1n3-c1cccc(-c2nc(-c3ccccc3)nc(-c3ccc(-c4cccc5c4sc4ccccc45)cc3)n2)c1. The van der Waals surface area contributed by atoms with Gasteiger partial charge in [0.2, 0.25) is 0 Å². The molecule has 4 nitrogen and oxygen atoms in total. The van der Waals surface area contributed by atoms with Gasteiger partial charge in [-0.3, -0.25) is 0 Å². The standard InChI is InChI=1S/C57H44N4S/c1-56(2)30-31-57(3,4)47-34-49-45(33-46(47)56)51-41-19-9-8-14-35(41)28-29-48(51)61(49)40-18-12-17-39(32-40)55-59-53(37-15-6-5-7-16-37)58-54(60-55)38-26-24-36(25-27-38)42-21-13-22-44-43-20-10-11-23-50(43)62-52(42)44/h5-29,32-34H,30-31H2,1-4H3. The lowest BCUT2D eigenvalue weighted by atomic mass is 9.63. The van der Waals surface area contributed by atoms with E-state index in [-0.39, 0.29) is 10.8 Å². The molecule has 0 spiro atoms. The van der Waals surface area contributed by atoms with Crippen molar-refractivity contribution in [3.63, 3.8) is 0 Å². The molecule has 1 aliphatic rings. The van der Waals surface area contributed by atoms with Crippen LogP contribution in [0.3, 0.4) is 0 Å². The van der Waals surface area contributed by atoms with Gasteiger partial charge in [0, 0.05) is 53.3 Å². The third-order valence-electron chi connectivity index (χ3n) is 13.5. The number of benzene rings is 8. The van der Waals surface area contributed by atoms with E-state index in [4.69, 9.17) is 15.0 Å². The van der Waals surface area contributed by atoms with E-state index >= 15 is 0 Å². The van der Waals surface area contributed by atoms with Crippen molar-refractivity contribution in [2.75, 3.05) is 0 Å². The van der Waals surface area contributed by atoms with Gasteiger partial charge in [-0.25, -0.2) is 15.0 Å². The van der Waals surface area contributed by atoms with Gasteiger partial charge in [-0.1, -0.05) is 161 Å². The van der Waals surface area contributed by atoms with Crippen LogP contribution in [0.25, 0.3) is 104 Å². The Hall–Kier alpha value is -6.95. The molecule has 0 bridgehead atoms. The molecule has 0 radical (unpaired) electrons. The number of nitrogens with zero attached hydrogens (tertiary/aromatic N) is 4. The van der Waals surface area contributed by atoms with Gasteiger partial charge in [0.25, 0.3) is 0 Å². The van der Waals surface area contributed by atoms with Gasteiger partial charge in [-0.2, -0.15) is 0 Å². The van der Waals surface area contributed by atoms with Crippen molar-refractivity contribution in [3.05, 3.63) is 181 Å². The van der Waals surface area contributed by atoms with Crippen LogP contribution in [0.1, 0.15) is 51.7 Å². The Kier molecular flexibility index (Phi) is 8.20. The van der Waals surface area contributed by atoms with Gasteiger partial charge in [0.05, 0.1) is 11.0 Å². The molecule has 298 valence electrons. The summed E-state index contributed by atoms with van der Waals surface area (Å²) in [7, 11) is 0. The molecule has 12 rings (SSSR count). The molecule has 3 aromatic heterocycles.